The van der Waals surface area contributed by atoms with Crippen LogP contribution in [0.2, 0.25) is 0 Å². The third-order valence-electron chi connectivity index (χ3n) is 6.66. The first-order chi connectivity index (χ1) is 20.0. The number of hydrogen-bond acceptors (Lipinski definition) is 8. The average Bonchev–Trinajstić information content (AvgIpc) is 2.94. The van der Waals surface area contributed by atoms with Crippen LogP contribution >= 0.6 is 0 Å². The molecule has 0 bridgehead atoms. The van der Waals surface area contributed by atoms with E-state index in [1.165, 1.54) is 24.3 Å². The maximum absolute atomic E-state index is 14.7. The molecule has 5 rings (SSSR count). The summed E-state index contributed by atoms with van der Waals surface area (Å²) in [5.41, 5.74) is 2.08. The van der Waals surface area contributed by atoms with Crippen LogP contribution < -0.4 is 10.2 Å². The molecule has 0 spiro atoms. The summed E-state index contributed by atoms with van der Waals surface area (Å²) >= 11 is 0. The normalized spacial score (nSPS) is 17.5. The SMILES string of the molecule is C[C@@H]1CN(c2cc(F)cc(-c3ccc4cnc(CNC(=O)c5ccc(S(=O)(=O)CC(F)F)cc5)cc4n3)n2)C[C@H](C)O1. The van der Waals surface area contributed by atoms with Gasteiger partial charge in [-0.1, -0.05) is 0 Å². The number of halogens is 3. The van der Waals surface area contributed by atoms with Gasteiger partial charge in [-0.2, -0.15) is 0 Å². The second-order valence-corrected chi connectivity index (χ2v) is 12.2. The van der Waals surface area contributed by atoms with Gasteiger partial charge in [0.25, 0.3) is 12.3 Å². The lowest BCUT2D eigenvalue weighted by atomic mass is 10.1. The van der Waals surface area contributed by atoms with Crippen LogP contribution in [-0.4, -0.2) is 66.8 Å². The van der Waals surface area contributed by atoms with E-state index in [1.807, 2.05) is 24.8 Å². The molecule has 4 heterocycles. The molecule has 1 aliphatic rings. The third-order valence-corrected chi connectivity index (χ3v) is 8.35. The van der Waals surface area contributed by atoms with Crippen LogP contribution in [0.1, 0.15) is 29.9 Å². The molecule has 220 valence electrons. The van der Waals surface area contributed by atoms with Crippen molar-refractivity contribution in [3.05, 3.63) is 77.9 Å². The Balaban J connectivity index is 1.31. The van der Waals surface area contributed by atoms with Crippen LogP contribution in [0.5, 0.6) is 0 Å². The van der Waals surface area contributed by atoms with Crippen molar-refractivity contribution in [2.24, 2.45) is 0 Å². The number of morpholine rings is 1. The smallest absolute Gasteiger partial charge is 0.252 e. The van der Waals surface area contributed by atoms with Gasteiger partial charge in [-0.3, -0.25) is 9.78 Å². The van der Waals surface area contributed by atoms with Gasteiger partial charge in [-0.15, -0.1) is 0 Å². The first kappa shape index (κ1) is 29.4. The number of alkyl halides is 2. The summed E-state index contributed by atoms with van der Waals surface area (Å²) in [4.78, 5) is 28.0. The fourth-order valence-electron chi connectivity index (χ4n) is 4.79. The summed E-state index contributed by atoms with van der Waals surface area (Å²) in [5, 5.41) is 3.44. The summed E-state index contributed by atoms with van der Waals surface area (Å²) < 4.78 is 69.4. The highest BCUT2D eigenvalue weighted by atomic mass is 32.2. The number of aromatic nitrogens is 3. The molecule has 3 aromatic heterocycles. The quantitative estimate of drug-likeness (QED) is 0.317. The standard InChI is InChI=1S/C29H28F3N5O4S/c1-17-14-37(15-18(2)41-17)28-10-21(30)9-26(36-28)24-8-5-20-12-33-22(11-25(20)35-24)13-34-29(38)19-3-6-23(7-4-19)42(39,40)16-27(31)32/h3-12,17-18,27H,13-16H2,1-2H3,(H,34,38)/t17-,18+. The molecular weight excluding hydrogens is 571 g/mol. The predicted octanol–water partition coefficient (Wildman–Crippen LogP) is 4.41. The van der Waals surface area contributed by atoms with Gasteiger partial charge in [0.15, 0.2) is 9.84 Å². The van der Waals surface area contributed by atoms with Crippen LogP contribution in [0.25, 0.3) is 22.3 Å². The van der Waals surface area contributed by atoms with Gasteiger partial charge in [0.1, 0.15) is 17.4 Å². The Morgan fingerprint density at radius 2 is 1.74 bits per heavy atom. The Labute approximate surface area is 240 Å². The zero-order valence-corrected chi connectivity index (χ0v) is 23.6. The van der Waals surface area contributed by atoms with Crippen molar-refractivity contribution in [2.75, 3.05) is 23.7 Å². The number of hydrogen-bond donors (Lipinski definition) is 1. The lowest BCUT2D eigenvalue weighted by molar-refractivity contribution is -0.00547. The Kier molecular flexibility index (Phi) is 8.41. The predicted molar refractivity (Wildman–Crippen MR) is 151 cm³/mol. The van der Waals surface area contributed by atoms with Crippen molar-refractivity contribution in [2.45, 2.75) is 43.9 Å². The Morgan fingerprint density at radius 3 is 2.43 bits per heavy atom. The average molecular weight is 600 g/mol. The van der Waals surface area contributed by atoms with Crippen LogP contribution in [-0.2, 0) is 21.1 Å². The molecule has 4 aromatic rings. The zero-order valence-electron chi connectivity index (χ0n) is 22.8. The summed E-state index contributed by atoms with van der Waals surface area (Å²) in [6.45, 7) is 5.15. The number of carbonyl (C=O) groups is 1. The molecule has 1 saturated heterocycles. The van der Waals surface area contributed by atoms with E-state index < -0.39 is 33.7 Å². The highest BCUT2D eigenvalue weighted by Crippen LogP contribution is 2.26. The monoisotopic (exact) mass is 599 g/mol. The molecule has 1 aliphatic heterocycles. The minimum Gasteiger partial charge on any atom is -0.372 e. The number of benzene rings is 1. The van der Waals surface area contributed by atoms with Crippen molar-refractivity contribution < 1.29 is 31.1 Å². The molecule has 2 atom stereocenters. The zero-order chi connectivity index (χ0) is 30.0. The number of sulfone groups is 1. The second kappa shape index (κ2) is 12.0. The maximum atomic E-state index is 14.7. The number of ether oxygens (including phenoxy) is 1. The van der Waals surface area contributed by atoms with E-state index in [-0.39, 0.29) is 29.2 Å². The lowest BCUT2D eigenvalue weighted by Gasteiger charge is -2.36. The molecule has 1 N–H and O–H groups in total. The highest BCUT2D eigenvalue weighted by Gasteiger charge is 2.24. The molecular formula is C29H28F3N5O4S. The molecule has 13 heteroatoms. The van der Waals surface area contributed by atoms with Gasteiger partial charge in [0.2, 0.25) is 0 Å². The van der Waals surface area contributed by atoms with Crippen molar-refractivity contribution in [3.8, 4) is 11.4 Å². The van der Waals surface area contributed by atoms with E-state index in [4.69, 9.17) is 4.74 Å². The van der Waals surface area contributed by atoms with Gasteiger partial charge < -0.3 is 15.0 Å². The van der Waals surface area contributed by atoms with Crippen molar-refractivity contribution >= 4 is 32.5 Å². The molecule has 0 aliphatic carbocycles. The molecule has 1 amide bonds. The molecule has 0 saturated carbocycles. The van der Waals surface area contributed by atoms with E-state index in [1.54, 1.807) is 18.3 Å². The fraction of sp³-hybridized carbons (Fsp3) is 0.310. The second-order valence-electron chi connectivity index (χ2n) is 10.1. The molecule has 1 fully saturated rings. The van der Waals surface area contributed by atoms with E-state index in [2.05, 4.69) is 20.3 Å². The largest absolute Gasteiger partial charge is 0.372 e. The minimum absolute atomic E-state index is 0.0130. The molecule has 42 heavy (non-hydrogen) atoms. The highest BCUT2D eigenvalue weighted by molar-refractivity contribution is 7.91. The number of nitrogens with zero attached hydrogens (tertiary/aromatic N) is 4. The number of amides is 1. The number of rotatable bonds is 8. The number of carbonyl (C=O) groups excluding carboxylic acids is 1. The maximum Gasteiger partial charge on any atom is 0.252 e. The first-order valence-corrected chi connectivity index (χ1v) is 14.9. The summed E-state index contributed by atoms with van der Waals surface area (Å²) in [6.07, 6.45) is -1.41. The van der Waals surface area contributed by atoms with Gasteiger partial charge in [-0.25, -0.2) is 31.6 Å². The number of nitrogens with one attached hydrogen (secondary N) is 1. The van der Waals surface area contributed by atoms with Crippen LogP contribution in [0.15, 0.2) is 65.7 Å². The molecule has 9 nitrogen and oxygen atoms in total. The Bertz CT molecular complexity index is 1710. The molecule has 0 unspecified atom stereocenters. The Morgan fingerprint density at radius 1 is 1.02 bits per heavy atom. The van der Waals surface area contributed by atoms with Gasteiger partial charge in [0.05, 0.1) is 46.2 Å². The van der Waals surface area contributed by atoms with Crippen LogP contribution in [0, 0.1) is 5.82 Å². The summed E-state index contributed by atoms with van der Waals surface area (Å²) in [5.74, 6) is -1.71. The number of anilines is 1. The lowest BCUT2D eigenvalue weighted by Crippen LogP contribution is -2.45. The van der Waals surface area contributed by atoms with Crippen LogP contribution in [0.3, 0.4) is 0 Å². The molecule has 0 radical (unpaired) electrons. The van der Waals surface area contributed by atoms with Crippen molar-refractivity contribution in [1.82, 2.24) is 20.3 Å². The van der Waals surface area contributed by atoms with Crippen molar-refractivity contribution in [1.29, 1.82) is 0 Å². The van der Waals surface area contributed by atoms with E-state index >= 15 is 0 Å². The van der Waals surface area contributed by atoms with E-state index in [0.29, 0.717) is 41.5 Å². The van der Waals surface area contributed by atoms with Gasteiger partial charge in [0, 0.05) is 42.4 Å². The number of fused-ring (bicyclic) bond motifs is 1. The number of pyridine rings is 3. The Hall–Kier alpha value is -4.10. The minimum atomic E-state index is -4.15. The van der Waals surface area contributed by atoms with Crippen LogP contribution in [0.4, 0.5) is 19.0 Å². The first-order valence-electron chi connectivity index (χ1n) is 13.2. The summed E-state index contributed by atoms with van der Waals surface area (Å²) in [6, 6.07) is 12.7. The molecule has 1 aromatic carbocycles. The third kappa shape index (κ3) is 6.85. The van der Waals surface area contributed by atoms with Gasteiger partial charge >= 0.3 is 0 Å². The fourth-order valence-corrected chi connectivity index (χ4v) is 5.86. The topological polar surface area (TPSA) is 114 Å². The van der Waals surface area contributed by atoms with E-state index in [0.717, 1.165) is 17.5 Å². The van der Waals surface area contributed by atoms with E-state index in [9.17, 15) is 26.4 Å². The summed E-state index contributed by atoms with van der Waals surface area (Å²) in [7, 11) is -4.15. The van der Waals surface area contributed by atoms with Crippen molar-refractivity contribution in [3.63, 3.8) is 0 Å². The van der Waals surface area contributed by atoms with Gasteiger partial charge in [-0.05, 0) is 56.3 Å².